The molecule has 2 N–H and O–H groups in total. The van der Waals surface area contributed by atoms with E-state index in [2.05, 4.69) is 10.6 Å². The Balaban J connectivity index is 1.64. The number of nitrogens with one attached hydrogen (secondary N) is 2. The normalized spacial score (nSPS) is 22.1. The highest BCUT2D eigenvalue weighted by atomic mass is 16.2. The first-order valence-electron chi connectivity index (χ1n) is 9.64. The zero-order chi connectivity index (χ0) is 21.1. The molecule has 9 heteroatoms. The van der Waals surface area contributed by atoms with E-state index in [4.69, 9.17) is 0 Å². The van der Waals surface area contributed by atoms with E-state index in [1.54, 1.807) is 24.3 Å². The van der Waals surface area contributed by atoms with Crippen LogP contribution in [0.15, 0.2) is 24.3 Å². The molecule has 9 nitrogen and oxygen atoms in total. The second-order valence-corrected chi connectivity index (χ2v) is 7.48. The smallest absolute Gasteiger partial charge is 0.326 e. The molecule has 0 spiro atoms. The summed E-state index contributed by atoms with van der Waals surface area (Å²) in [6.07, 6.45) is 3.50. The van der Waals surface area contributed by atoms with Crippen LogP contribution in [-0.2, 0) is 19.2 Å². The molecule has 6 amide bonds. The summed E-state index contributed by atoms with van der Waals surface area (Å²) in [5, 5.41) is 5.19. The predicted molar refractivity (Wildman–Crippen MR) is 105 cm³/mol. The lowest BCUT2D eigenvalue weighted by molar-refractivity contribution is -0.145. The van der Waals surface area contributed by atoms with Crippen LogP contribution >= 0.6 is 0 Å². The van der Waals surface area contributed by atoms with Crippen LogP contribution in [0, 0.1) is 5.92 Å². The number of carbonyl (C=O) groups excluding carboxylic acids is 5. The minimum Gasteiger partial charge on any atom is -0.326 e. The average Bonchev–Trinajstić information content (AvgIpc) is 2.87. The summed E-state index contributed by atoms with van der Waals surface area (Å²) < 4.78 is 0. The molecule has 1 aromatic carbocycles. The summed E-state index contributed by atoms with van der Waals surface area (Å²) in [6, 6.07) is 5.35. The van der Waals surface area contributed by atoms with E-state index in [0.29, 0.717) is 22.7 Å². The zero-order valence-corrected chi connectivity index (χ0v) is 16.4. The van der Waals surface area contributed by atoms with E-state index >= 15 is 0 Å². The molecule has 154 valence electrons. The van der Waals surface area contributed by atoms with Crippen LogP contribution in [0.2, 0.25) is 0 Å². The average molecular weight is 400 g/mol. The molecule has 2 fully saturated rings. The molecule has 2 aliphatic rings. The van der Waals surface area contributed by atoms with Gasteiger partial charge in [-0.2, -0.15) is 0 Å². The van der Waals surface area contributed by atoms with Crippen LogP contribution in [0.25, 0.3) is 0 Å². The Labute approximate surface area is 168 Å². The third-order valence-electron chi connectivity index (χ3n) is 5.27. The molecule has 1 saturated carbocycles. The van der Waals surface area contributed by atoms with E-state index in [1.807, 2.05) is 6.92 Å². The molecule has 1 heterocycles. The monoisotopic (exact) mass is 400 g/mol. The van der Waals surface area contributed by atoms with E-state index in [0.717, 1.165) is 24.2 Å². The largest absolute Gasteiger partial charge is 0.334 e. The van der Waals surface area contributed by atoms with Gasteiger partial charge in [0.25, 0.3) is 0 Å². The van der Waals surface area contributed by atoms with Crippen LogP contribution in [0.3, 0.4) is 0 Å². The number of imide groups is 2. The van der Waals surface area contributed by atoms with Gasteiger partial charge in [0.15, 0.2) is 0 Å². The fourth-order valence-corrected chi connectivity index (χ4v) is 3.82. The molecule has 2 atom stereocenters. The fourth-order valence-electron chi connectivity index (χ4n) is 3.82. The number of urea groups is 1. The zero-order valence-electron chi connectivity index (χ0n) is 16.4. The van der Waals surface area contributed by atoms with E-state index in [-0.39, 0.29) is 17.9 Å². The Hall–Kier alpha value is -3.23. The third-order valence-corrected chi connectivity index (χ3v) is 5.27. The number of amides is 6. The van der Waals surface area contributed by atoms with Gasteiger partial charge in [0.05, 0.1) is 0 Å². The number of hydrogen-bond donors (Lipinski definition) is 2. The molecule has 0 unspecified atom stereocenters. The molecular formula is C20H24N4O5. The van der Waals surface area contributed by atoms with Crippen molar-refractivity contribution in [2.24, 2.45) is 5.92 Å². The van der Waals surface area contributed by atoms with E-state index < -0.39 is 30.3 Å². The molecule has 0 radical (unpaired) electrons. The number of nitrogens with zero attached hydrogens (tertiary/aromatic N) is 2. The standard InChI is InChI=1S/C20H24N4O5/c1-12-5-3-4-6-16(12)24-19(28)18(27)23(20(24)29)11-17(26)22-15-9-7-14(8-10-15)21-13(2)25/h7-10,12,16H,3-6,11H2,1-2H3,(H,21,25)(H,22,26)/t12-,16+/m0/s1. The second-order valence-electron chi connectivity index (χ2n) is 7.48. The first kappa shape index (κ1) is 20.5. The molecule has 1 aliphatic heterocycles. The summed E-state index contributed by atoms with van der Waals surface area (Å²) in [6.45, 7) is 2.82. The van der Waals surface area contributed by atoms with Gasteiger partial charge in [0.1, 0.15) is 6.54 Å². The van der Waals surface area contributed by atoms with Crippen molar-refractivity contribution in [1.29, 1.82) is 0 Å². The lowest BCUT2D eigenvalue weighted by Crippen LogP contribution is -2.46. The quantitative estimate of drug-likeness (QED) is 0.579. The van der Waals surface area contributed by atoms with Gasteiger partial charge in [-0.25, -0.2) is 9.69 Å². The number of hydrogen-bond acceptors (Lipinski definition) is 5. The molecule has 3 rings (SSSR count). The Morgan fingerprint density at radius 2 is 1.55 bits per heavy atom. The summed E-state index contributed by atoms with van der Waals surface area (Å²) in [7, 11) is 0. The van der Waals surface area contributed by atoms with Crippen molar-refractivity contribution < 1.29 is 24.0 Å². The Morgan fingerprint density at radius 3 is 2.14 bits per heavy atom. The van der Waals surface area contributed by atoms with Crippen LogP contribution in [-0.4, -0.2) is 52.0 Å². The minimum atomic E-state index is -0.969. The number of rotatable bonds is 5. The molecular weight excluding hydrogens is 376 g/mol. The molecule has 1 aliphatic carbocycles. The first-order chi connectivity index (χ1) is 13.8. The van der Waals surface area contributed by atoms with Crippen molar-refractivity contribution in [3.63, 3.8) is 0 Å². The SMILES string of the molecule is CC(=O)Nc1ccc(NC(=O)CN2C(=O)C(=O)N([C@@H]3CCCC[C@@H]3C)C2=O)cc1. The Kier molecular flexibility index (Phi) is 5.95. The van der Waals surface area contributed by atoms with Crippen LogP contribution < -0.4 is 10.6 Å². The van der Waals surface area contributed by atoms with Crippen molar-refractivity contribution in [1.82, 2.24) is 9.80 Å². The number of carbonyl (C=O) groups is 5. The van der Waals surface area contributed by atoms with Gasteiger partial charge in [-0.05, 0) is 43.0 Å². The van der Waals surface area contributed by atoms with Crippen LogP contribution in [0.5, 0.6) is 0 Å². The lowest BCUT2D eigenvalue weighted by Gasteiger charge is -2.34. The van der Waals surface area contributed by atoms with Gasteiger partial charge in [-0.15, -0.1) is 0 Å². The molecule has 0 bridgehead atoms. The maximum absolute atomic E-state index is 12.7. The van der Waals surface area contributed by atoms with Crippen molar-refractivity contribution in [3.8, 4) is 0 Å². The molecule has 29 heavy (non-hydrogen) atoms. The van der Waals surface area contributed by atoms with Crippen molar-refractivity contribution in [2.75, 3.05) is 17.2 Å². The molecule has 1 saturated heterocycles. The van der Waals surface area contributed by atoms with Crippen LogP contribution in [0.1, 0.15) is 39.5 Å². The van der Waals surface area contributed by atoms with Gasteiger partial charge < -0.3 is 10.6 Å². The van der Waals surface area contributed by atoms with Gasteiger partial charge >= 0.3 is 17.8 Å². The van der Waals surface area contributed by atoms with Gasteiger partial charge in [-0.1, -0.05) is 19.8 Å². The predicted octanol–water partition coefficient (Wildman–Crippen LogP) is 1.95. The Morgan fingerprint density at radius 1 is 0.966 bits per heavy atom. The maximum atomic E-state index is 12.7. The van der Waals surface area contributed by atoms with E-state index in [1.165, 1.54) is 6.92 Å². The molecule has 0 aromatic heterocycles. The third kappa shape index (κ3) is 4.44. The van der Waals surface area contributed by atoms with Crippen LogP contribution in [0.4, 0.5) is 16.2 Å². The van der Waals surface area contributed by atoms with Gasteiger partial charge in [0.2, 0.25) is 11.8 Å². The summed E-state index contributed by atoms with van der Waals surface area (Å²) in [5.41, 5.74) is 1.01. The van der Waals surface area contributed by atoms with Crippen molar-refractivity contribution in [3.05, 3.63) is 24.3 Å². The summed E-state index contributed by atoms with van der Waals surface area (Å²) in [5.74, 6) is -2.51. The molecule has 1 aromatic rings. The first-order valence-corrected chi connectivity index (χ1v) is 9.64. The van der Waals surface area contributed by atoms with Gasteiger partial charge in [-0.3, -0.25) is 24.1 Å². The topological polar surface area (TPSA) is 116 Å². The summed E-state index contributed by atoms with van der Waals surface area (Å²) >= 11 is 0. The second kappa shape index (κ2) is 8.42. The lowest BCUT2D eigenvalue weighted by atomic mass is 9.85. The summed E-state index contributed by atoms with van der Waals surface area (Å²) in [4.78, 5) is 62.5. The Bertz CT molecular complexity index is 851. The van der Waals surface area contributed by atoms with Crippen molar-refractivity contribution >= 4 is 41.0 Å². The van der Waals surface area contributed by atoms with Crippen molar-refractivity contribution in [2.45, 2.75) is 45.6 Å². The van der Waals surface area contributed by atoms with Gasteiger partial charge in [0, 0.05) is 24.3 Å². The highest BCUT2D eigenvalue weighted by Crippen LogP contribution is 2.31. The highest BCUT2D eigenvalue weighted by molar-refractivity contribution is 6.45. The number of benzene rings is 1. The minimum absolute atomic E-state index is 0.125. The highest BCUT2D eigenvalue weighted by Gasteiger charge is 2.49. The maximum Gasteiger partial charge on any atom is 0.334 e. The fraction of sp³-hybridized carbons (Fsp3) is 0.450. The number of anilines is 2. The van der Waals surface area contributed by atoms with E-state index in [9.17, 15) is 24.0 Å².